The molecule has 0 atom stereocenters. The molecular weight excluding hydrogens is 346 g/mol. The highest BCUT2D eigenvalue weighted by molar-refractivity contribution is 6.27. The van der Waals surface area contributed by atoms with E-state index in [1.54, 1.807) is 0 Å². The van der Waals surface area contributed by atoms with Crippen LogP contribution in [0.2, 0.25) is 0 Å². The van der Waals surface area contributed by atoms with E-state index in [0.29, 0.717) is 0 Å². The summed E-state index contributed by atoms with van der Waals surface area (Å²) in [6.45, 7) is 10.8. The molecule has 27 heavy (non-hydrogen) atoms. The maximum absolute atomic E-state index is 9.10. The quantitative estimate of drug-likeness (QED) is 0.410. The molecule has 1 aliphatic rings. The predicted octanol–water partition coefficient (Wildman–Crippen LogP) is 3.46. The van der Waals surface area contributed by atoms with Crippen LogP contribution in [0.15, 0.2) is 36.9 Å². The summed E-state index contributed by atoms with van der Waals surface area (Å²) in [6, 6.07) is 8.27. The van der Waals surface area contributed by atoms with Crippen molar-refractivity contribution in [2.75, 3.05) is 26.2 Å². The first kappa shape index (κ1) is 22.7. The van der Waals surface area contributed by atoms with Gasteiger partial charge < -0.3 is 19.8 Å². The van der Waals surface area contributed by atoms with Crippen LogP contribution in [0.1, 0.15) is 38.2 Å². The van der Waals surface area contributed by atoms with Crippen LogP contribution in [-0.2, 0) is 16.0 Å². The van der Waals surface area contributed by atoms with Gasteiger partial charge in [-0.25, -0.2) is 9.59 Å². The number of ether oxygens (including phenoxy) is 1. The summed E-state index contributed by atoms with van der Waals surface area (Å²) in [6.07, 6.45) is 7.91. The number of nitrogens with zero attached hydrogens (tertiary/aromatic N) is 1. The van der Waals surface area contributed by atoms with E-state index < -0.39 is 11.9 Å². The van der Waals surface area contributed by atoms with Gasteiger partial charge in [-0.15, -0.1) is 6.58 Å². The molecule has 1 aliphatic heterocycles. The molecular formula is C21H31NO5. The Morgan fingerprint density at radius 3 is 2.41 bits per heavy atom. The van der Waals surface area contributed by atoms with Gasteiger partial charge in [-0.1, -0.05) is 31.2 Å². The SMILES string of the molecule is C=CCc1ccccc1OCCCCN1CCC(C)CC1.O=C(O)C(=O)O. The van der Waals surface area contributed by atoms with Gasteiger partial charge >= 0.3 is 11.9 Å². The molecule has 0 aromatic heterocycles. The van der Waals surface area contributed by atoms with E-state index in [1.165, 1.54) is 44.5 Å². The topological polar surface area (TPSA) is 87.1 Å². The highest BCUT2D eigenvalue weighted by Gasteiger charge is 2.14. The second-order valence-electron chi connectivity index (χ2n) is 6.79. The van der Waals surface area contributed by atoms with Crippen molar-refractivity contribution in [1.29, 1.82) is 0 Å². The number of hydrogen-bond donors (Lipinski definition) is 2. The van der Waals surface area contributed by atoms with Gasteiger partial charge in [0.05, 0.1) is 6.61 Å². The van der Waals surface area contributed by atoms with Crippen molar-refractivity contribution in [2.45, 2.75) is 39.0 Å². The number of carboxylic acids is 2. The molecule has 0 saturated carbocycles. The molecule has 1 saturated heterocycles. The number of aliphatic carboxylic acids is 2. The molecule has 1 aromatic rings. The molecule has 0 bridgehead atoms. The molecule has 1 heterocycles. The maximum Gasteiger partial charge on any atom is 0.414 e. The Labute approximate surface area is 161 Å². The first-order chi connectivity index (χ1) is 12.9. The lowest BCUT2D eigenvalue weighted by Gasteiger charge is -2.30. The molecule has 2 rings (SSSR count). The second kappa shape index (κ2) is 12.9. The van der Waals surface area contributed by atoms with Crippen LogP contribution in [-0.4, -0.2) is 53.3 Å². The maximum atomic E-state index is 9.10. The lowest BCUT2D eigenvalue weighted by molar-refractivity contribution is -0.159. The standard InChI is InChI=1S/C19H29NO.C2H2O4/c1-3-8-18-9-4-5-10-19(18)21-16-7-6-13-20-14-11-17(2)12-15-20;3-1(4)2(5)6/h3-5,9-10,17H,1,6-8,11-16H2,2H3;(H,3,4)(H,5,6). The number of piperidine rings is 1. The number of rotatable bonds is 8. The number of unbranched alkanes of at least 4 members (excludes halogenated alkanes) is 1. The zero-order chi connectivity index (χ0) is 20.1. The van der Waals surface area contributed by atoms with Gasteiger partial charge in [-0.05, 0) is 69.3 Å². The van der Waals surface area contributed by atoms with Crippen molar-refractivity contribution in [2.24, 2.45) is 5.92 Å². The molecule has 0 aliphatic carbocycles. The van der Waals surface area contributed by atoms with Gasteiger partial charge in [-0.2, -0.15) is 0 Å². The Kier molecular flexibility index (Phi) is 10.9. The molecule has 6 nitrogen and oxygen atoms in total. The molecule has 150 valence electrons. The van der Waals surface area contributed by atoms with Gasteiger partial charge in [0.25, 0.3) is 0 Å². The van der Waals surface area contributed by atoms with Gasteiger partial charge in [-0.3, -0.25) is 0 Å². The fraction of sp³-hybridized carbons (Fsp3) is 0.524. The predicted molar refractivity (Wildman–Crippen MR) is 105 cm³/mol. The average molecular weight is 377 g/mol. The monoisotopic (exact) mass is 377 g/mol. The highest BCUT2D eigenvalue weighted by Crippen LogP contribution is 2.19. The van der Waals surface area contributed by atoms with Crippen molar-refractivity contribution in [1.82, 2.24) is 4.90 Å². The molecule has 0 unspecified atom stereocenters. The third kappa shape index (κ3) is 9.80. The molecule has 2 N–H and O–H groups in total. The molecule has 0 amide bonds. The van der Waals surface area contributed by atoms with Crippen LogP contribution in [0, 0.1) is 5.92 Å². The summed E-state index contributed by atoms with van der Waals surface area (Å²) >= 11 is 0. The van der Waals surface area contributed by atoms with Crippen LogP contribution in [0.5, 0.6) is 5.75 Å². The Morgan fingerprint density at radius 2 is 1.81 bits per heavy atom. The minimum atomic E-state index is -1.82. The minimum Gasteiger partial charge on any atom is -0.493 e. The normalized spacial score (nSPS) is 14.7. The largest absolute Gasteiger partial charge is 0.493 e. The van der Waals surface area contributed by atoms with Crippen LogP contribution < -0.4 is 4.74 Å². The summed E-state index contributed by atoms with van der Waals surface area (Å²) in [5, 5.41) is 14.8. The molecule has 1 fully saturated rings. The number of likely N-dealkylation sites (tertiary alicyclic amines) is 1. The summed E-state index contributed by atoms with van der Waals surface area (Å²) < 4.78 is 5.93. The summed E-state index contributed by atoms with van der Waals surface area (Å²) in [7, 11) is 0. The lowest BCUT2D eigenvalue weighted by atomic mass is 9.99. The van der Waals surface area contributed by atoms with Crippen molar-refractivity contribution in [3.63, 3.8) is 0 Å². The third-order valence-corrected chi connectivity index (χ3v) is 4.52. The van der Waals surface area contributed by atoms with E-state index in [4.69, 9.17) is 24.5 Å². The number of carbonyl (C=O) groups is 2. The smallest absolute Gasteiger partial charge is 0.414 e. The van der Waals surface area contributed by atoms with Gasteiger partial charge in [0.15, 0.2) is 0 Å². The van der Waals surface area contributed by atoms with Crippen LogP contribution in [0.25, 0.3) is 0 Å². The zero-order valence-corrected chi connectivity index (χ0v) is 16.1. The molecule has 0 spiro atoms. The Bertz CT molecular complexity index is 582. The number of hydrogen-bond acceptors (Lipinski definition) is 4. The number of para-hydroxylation sites is 1. The van der Waals surface area contributed by atoms with Crippen molar-refractivity contribution in [3.05, 3.63) is 42.5 Å². The lowest BCUT2D eigenvalue weighted by Crippen LogP contribution is -2.33. The fourth-order valence-electron chi connectivity index (χ4n) is 2.87. The first-order valence-corrected chi connectivity index (χ1v) is 9.44. The van der Waals surface area contributed by atoms with Crippen LogP contribution in [0.3, 0.4) is 0 Å². The van der Waals surface area contributed by atoms with Gasteiger partial charge in [0.1, 0.15) is 5.75 Å². The number of benzene rings is 1. The first-order valence-electron chi connectivity index (χ1n) is 9.44. The molecule has 6 heteroatoms. The van der Waals surface area contributed by atoms with Gasteiger partial charge in [0.2, 0.25) is 0 Å². The summed E-state index contributed by atoms with van der Waals surface area (Å²) in [5.41, 5.74) is 1.23. The van der Waals surface area contributed by atoms with Gasteiger partial charge in [0, 0.05) is 0 Å². The van der Waals surface area contributed by atoms with E-state index in [-0.39, 0.29) is 0 Å². The number of carboxylic acid groups (broad SMARTS) is 2. The third-order valence-electron chi connectivity index (χ3n) is 4.52. The second-order valence-corrected chi connectivity index (χ2v) is 6.79. The zero-order valence-electron chi connectivity index (χ0n) is 16.1. The van der Waals surface area contributed by atoms with E-state index in [0.717, 1.165) is 31.1 Å². The van der Waals surface area contributed by atoms with E-state index in [2.05, 4.69) is 36.6 Å². The molecule has 0 radical (unpaired) electrons. The minimum absolute atomic E-state index is 0.818. The number of allylic oxidation sites excluding steroid dienone is 1. The van der Waals surface area contributed by atoms with E-state index in [1.807, 2.05) is 12.1 Å². The Morgan fingerprint density at radius 1 is 1.19 bits per heavy atom. The van der Waals surface area contributed by atoms with Crippen molar-refractivity contribution >= 4 is 11.9 Å². The average Bonchev–Trinajstić information content (AvgIpc) is 2.65. The van der Waals surface area contributed by atoms with Crippen LogP contribution in [0.4, 0.5) is 0 Å². The Hall–Kier alpha value is -2.34. The van der Waals surface area contributed by atoms with Crippen LogP contribution >= 0.6 is 0 Å². The van der Waals surface area contributed by atoms with Crippen molar-refractivity contribution in [3.8, 4) is 5.75 Å². The van der Waals surface area contributed by atoms with E-state index in [9.17, 15) is 0 Å². The summed E-state index contributed by atoms with van der Waals surface area (Å²) in [5.74, 6) is -1.71. The Balaban J connectivity index is 0.000000527. The highest BCUT2D eigenvalue weighted by atomic mass is 16.5. The fourth-order valence-corrected chi connectivity index (χ4v) is 2.87. The summed E-state index contributed by atoms with van der Waals surface area (Å²) in [4.78, 5) is 20.8. The molecule has 1 aromatic carbocycles. The van der Waals surface area contributed by atoms with E-state index >= 15 is 0 Å². The van der Waals surface area contributed by atoms with Crippen molar-refractivity contribution < 1.29 is 24.5 Å².